The number of hydrogen-bond donors (Lipinski definition) is 1. The summed E-state index contributed by atoms with van der Waals surface area (Å²) in [7, 11) is 2.05. The summed E-state index contributed by atoms with van der Waals surface area (Å²) in [5, 5.41) is 10.1. The summed E-state index contributed by atoms with van der Waals surface area (Å²) in [6.07, 6.45) is 2.69. The first-order valence-corrected chi connectivity index (χ1v) is 7.46. The molecule has 0 aliphatic heterocycles. The third-order valence-corrected chi connectivity index (χ3v) is 3.15. The molecule has 0 amide bonds. The lowest BCUT2D eigenvalue weighted by atomic mass is 10.2. The van der Waals surface area contributed by atoms with Crippen LogP contribution in [0, 0.1) is 0 Å². The predicted octanol–water partition coefficient (Wildman–Crippen LogP) is 2.41. The molecule has 0 bridgehead atoms. The van der Waals surface area contributed by atoms with Crippen LogP contribution in [0.25, 0.3) is 0 Å². The monoisotopic (exact) mass is 282 g/mol. The van der Waals surface area contributed by atoms with Crippen LogP contribution in [0.2, 0.25) is 0 Å². The maximum Gasteiger partial charge on any atom is 0.0900 e. The van der Waals surface area contributed by atoms with E-state index in [9.17, 15) is 5.11 Å². The SMILES string of the molecule is CCCN(Cc1cccn1C)C[C@@H](O)COC(C)(C)C. The second-order valence-corrected chi connectivity index (χ2v) is 6.42. The van der Waals surface area contributed by atoms with Crippen molar-refractivity contribution in [2.75, 3.05) is 19.7 Å². The van der Waals surface area contributed by atoms with Gasteiger partial charge < -0.3 is 14.4 Å². The summed E-state index contributed by atoms with van der Waals surface area (Å²) in [4.78, 5) is 2.28. The first-order chi connectivity index (χ1) is 9.31. The number of rotatable bonds is 8. The topological polar surface area (TPSA) is 37.6 Å². The predicted molar refractivity (Wildman–Crippen MR) is 82.7 cm³/mol. The smallest absolute Gasteiger partial charge is 0.0900 e. The van der Waals surface area contributed by atoms with E-state index < -0.39 is 6.10 Å². The third-order valence-electron chi connectivity index (χ3n) is 3.15. The Morgan fingerprint density at radius 2 is 2.10 bits per heavy atom. The molecule has 4 heteroatoms. The van der Waals surface area contributed by atoms with Crippen LogP contribution in [0.15, 0.2) is 18.3 Å². The van der Waals surface area contributed by atoms with Gasteiger partial charge in [0.05, 0.1) is 18.3 Å². The standard InChI is InChI=1S/C16H30N2O2/c1-6-9-18(11-14-8-7-10-17(14)5)12-15(19)13-20-16(2,3)4/h7-8,10,15,19H,6,9,11-13H2,1-5H3/t15-/m1/s1. The van der Waals surface area contributed by atoms with Crippen LogP contribution in [-0.4, -0.2) is 46.0 Å². The molecular weight excluding hydrogens is 252 g/mol. The molecule has 1 N–H and O–H groups in total. The van der Waals surface area contributed by atoms with Crippen LogP contribution >= 0.6 is 0 Å². The minimum Gasteiger partial charge on any atom is -0.389 e. The first kappa shape index (κ1) is 17.2. The van der Waals surface area contributed by atoms with E-state index in [1.54, 1.807) is 0 Å². The molecule has 0 spiro atoms. The summed E-state index contributed by atoms with van der Waals surface area (Å²) in [5.74, 6) is 0. The van der Waals surface area contributed by atoms with Gasteiger partial charge in [-0.05, 0) is 45.9 Å². The number of aromatic nitrogens is 1. The number of aryl methyl sites for hydroxylation is 1. The van der Waals surface area contributed by atoms with Crippen molar-refractivity contribution in [3.63, 3.8) is 0 Å². The molecule has 0 fully saturated rings. The molecule has 1 rings (SSSR count). The van der Waals surface area contributed by atoms with Gasteiger partial charge in [0.15, 0.2) is 0 Å². The van der Waals surface area contributed by atoms with Crippen molar-refractivity contribution in [1.29, 1.82) is 0 Å². The van der Waals surface area contributed by atoms with Gasteiger partial charge in [0.1, 0.15) is 0 Å². The molecule has 4 nitrogen and oxygen atoms in total. The van der Waals surface area contributed by atoms with Crippen LogP contribution in [0.5, 0.6) is 0 Å². The Labute approximate surface area is 123 Å². The number of ether oxygens (including phenoxy) is 1. The van der Waals surface area contributed by atoms with Gasteiger partial charge in [0, 0.05) is 32.0 Å². The molecule has 1 aromatic heterocycles. The van der Waals surface area contributed by atoms with Crippen molar-refractivity contribution in [2.45, 2.75) is 52.4 Å². The Morgan fingerprint density at radius 3 is 2.60 bits per heavy atom. The zero-order valence-electron chi connectivity index (χ0n) is 13.6. The fourth-order valence-electron chi connectivity index (χ4n) is 2.14. The quantitative estimate of drug-likeness (QED) is 0.795. The van der Waals surface area contributed by atoms with Gasteiger partial charge >= 0.3 is 0 Å². The molecular formula is C16H30N2O2. The van der Waals surface area contributed by atoms with Crippen molar-refractivity contribution in [3.05, 3.63) is 24.0 Å². The van der Waals surface area contributed by atoms with E-state index >= 15 is 0 Å². The van der Waals surface area contributed by atoms with Crippen molar-refractivity contribution in [1.82, 2.24) is 9.47 Å². The van der Waals surface area contributed by atoms with Crippen LogP contribution in [0.4, 0.5) is 0 Å². The Balaban J connectivity index is 2.48. The van der Waals surface area contributed by atoms with Crippen LogP contribution in [0.3, 0.4) is 0 Å². The average molecular weight is 282 g/mol. The van der Waals surface area contributed by atoms with Crippen LogP contribution in [0.1, 0.15) is 39.8 Å². The number of aliphatic hydroxyl groups is 1. The molecule has 116 valence electrons. The second kappa shape index (κ2) is 7.81. The lowest BCUT2D eigenvalue weighted by molar-refractivity contribution is -0.0567. The number of aliphatic hydroxyl groups excluding tert-OH is 1. The van der Waals surface area contributed by atoms with Crippen molar-refractivity contribution >= 4 is 0 Å². The molecule has 0 aliphatic rings. The van der Waals surface area contributed by atoms with Gasteiger partial charge in [0.25, 0.3) is 0 Å². The Morgan fingerprint density at radius 1 is 1.40 bits per heavy atom. The fraction of sp³-hybridized carbons (Fsp3) is 0.750. The van der Waals surface area contributed by atoms with Crippen molar-refractivity contribution in [3.8, 4) is 0 Å². The van der Waals surface area contributed by atoms with E-state index in [4.69, 9.17) is 4.74 Å². The Bertz CT molecular complexity index is 382. The molecule has 20 heavy (non-hydrogen) atoms. The van der Waals surface area contributed by atoms with Gasteiger partial charge in [-0.25, -0.2) is 0 Å². The largest absolute Gasteiger partial charge is 0.389 e. The maximum absolute atomic E-state index is 10.1. The molecule has 0 radical (unpaired) electrons. The summed E-state index contributed by atoms with van der Waals surface area (Å²) in [6.45, 7) is 11.1. The molecule has 1 atom stereocenters. The Hall–Kier alpha value is -0.840. The minimum atomic E-state index is -0.443. The van der Waals surface area contributed by atoms with Gasteiger partial charge in [-0.3, -0.25) is 4.90 Å². The van der Waals surface area contributed by atoms with E-state index in [1.807, 2.05) is 20.8 Å². The lowest BCUT2D eigenvalue weighted by Gasteiger charge is -2.27. The van der Waals surface area contributed by atoms with Gasteiger partial charge in [-0.1, -0.05) is 6.92 Å². The molecule has 0 aliphatic carbocycles. The van der Waals surface area contributed by atoms with E-state index in [1.165, 1.54) is 5.69 Å². The summed E-state index contributed by atoms with van der Waals surface area (Å²) in [5.41, 5.74) is 1.07. The third kappa shape index (κ3) is 6.55. The second-order valence-electron chi connectivity index (χ2n) is 6.42. The van der Waals surface area contributed by atoms with Crippen molar-refractivity contribution < 1.29 is 9.84 Å². The van der Waals surface area contributed by atoms with Crippen molar-refractivity contribution in [2.24, 2.45) is 7.05 Å². The summed E-state index contributed by atoms with van der Waals surface area (Å²) < 4.78 is 7.77. The highest BCUT2D eigenvalue weighted by molar-refractivity contribution is 5.06. The molecule has 0 saturated carbocycles. The molecule has 0 saturated heterocycles. The fourth-order valence-corrected chi connectivity index (χ4v) is 2.14. The highest BCUT2D eigenvalue weighted by Crippen LogP contribution is 2.10. The zero-order valence-corrected chi connectivity index (χ0v) is 13.6. The minimum absolute atomic E-state index is 0.200. The van der Waals surface area contributed by atoms with Gasteiger partial charge in [0.2, 0.25) is 0 Å². The van der Waals surface area contributed by atoms with E-state index in [2.05, 4.69) is 41.8 Å². The summed E-state index contributed by atoms with van der Waals surface area (Å²) in [6, 6.07) is 4.18. The molecule has 1 aromatic rings. The zero-order chi connectivity index (χ0) is 15.2. The maximum atomic E-state index is 10.1. The van der Waals surface area contributed by atoms with E-state index in [0.717, 1.165) is 19.5 Å². The normalized spacial score (nSPS) is 13.9. The molecule has 0 unspecified atom stereocenters. The molecule has 1 heterocycles. The van der Waals surface area contributed by atoms with Crippen LogP contribution in [-0.2, 0) is 18.3 Å². The average Bonchev–Trinajstić information content (AvgIpc) is 2.72. The lowest BCUT2D eigenvalue weighted by Crippen LogP contribution is -2.37. The van der Waals surface area contributed by atoms with Gasteiger partial charge in [-0.15, -0.1) is 0 Å². The van der Waals surface area contributed by atoms with Gasteiger partial charge in [-0.2, -0.15) is 0 Å². The van der Waals surface area contributed by atoms with E-state index in [-0.39, 0.29) is 5.60 Å². The van der Waals surface area contributed by atoms with E-state index in [0.29, 0.717) is 13.2 Å². The van der Waals surface area contributed by atoms with Crippen LogP contribution < -0.4 is 0 Å². The summed E-state index contributed by atoms with van der Waals surface area (Å²) >= 11 is 0. The number of hydrogen-bond acceptors (Lipinski definition) is 3. The number of nitrogens with zero attached hydrogens (tertiary/aromatic N) is 2. The molecule has 0 aromatic carbocycles. The highest BCUT2D eigenvalue weighted by atomic mass is 16.5. The highest BCUT2D eigenvalue weighted by Gasteiger charge is 2.16. The Kier molecular flexibility index (Phi) is 6.72. The first-order valence-electron chi connectivity index (χ1n) is 7.46.